The van der Waals surface area contributed by atoms with Gasteiger partial charge < -0.3 is 22.8 Å². The number of epoxide rings is 1. The summed E-state index contributed by atoms with van der Waals surface area (Å²) in [6.07, 6.45) is 2.88. The predicted octanol–water partition coefficient (Wildman–Crippen LogP) is 2.16. The summed E-state index contributed by atoms with van der Waals surface area (Å²) >= 11 is 0. The van der Waals surface area contributed by atoms with Crippen LogP contribution in [-0.2, 0) is 22.8 Å². The fourth-order valence-corrected chi connectivity index (χ4v) is 4.47. The van der Waals surface area contributed by atoms with Crippen molar-refractivity contribution in [1.29, 1.82) is 0 Å². The van der Waals surface area contributed by atoms with Crippen molar-refractivity contribution in [3.8, 4) is 0 Å². The highest BCUT2D eigenvalue weighted by Crippen LogP contribution is 2.36. The first-order chi connectivity index (χ1) is 9.01. The van der Waals surface area contributed by atoms with Crippen LogP contribution >= 0.6 is 0 Å². The lowest BCUT2D eigenvalue weighted by Gasteiger charge is -2.35. The molecule has 0 aromatic carbocycles. The molecule has 3 atom stereocenters. The molecule has 0 saturated carbocycles. The van der Waals surface area contributed by atoms with E-state index in [1.807, 2.05) is 0 Å². The Labute approximate surface area is 117 Å². The first-order valence-electron chi connectivity index (χ1n) is 6.96. The molecular formula is C13H28O5Si. The van der Waals surface area contributed by atoms with Gasteiger partial charge in [-0.25, -0.2) is 0 Å². The maximum Gasteiger partial charge on any atom is 0.530 e. The van der Waals surface area contributed by atoms with E-state index in [1.165, 1.54) is 0 Å². The van der Waals surface area contributed by atoms with Gasteiger partial charge in [0.1, 0.15) is 11.3 Å². The van der Waals surface area contributed by atoms with Crippen molar-refractivity contribution in [3.05, 3.63) is 0 Å². The minimum atomic E-state index is -2.77. The molecule has 0 aromatic rings. The minimum absolute atomic E-state index is 0.0646. The van der Waals surface area contributed by atoms with Crippen molar-refractivity contribution in [3.63, 3.8) is 0 Å². The number of rotatable bonds is 10. The van der Waals surface area contributed by atoms with Crippen LogP contribution in [0.3, 0.4) is 0 Å². The Balaban J connectivity index is 2.78. The Hall–Kier alpha value is 0.0169. The van der Waals surface area contributed by atoms with Gasteiger partial charge in [0.2, 0.25) is 0 Å². The number of ether oxygens (including phenoxy) is 2. The molecule has 1 rings (SSSR count). The molecule has 1 saturated heterocycles. The molecule has 6 heteroatoms. The summed E-state index contributed by atoms with van der Waals surface area (Å²) in [5.74, 6) is 0. The number of hydrogen-bond donors (Lipinski definition) is 0. The SMILES string of the molecule is CCCC(OC(CC)[Si](OC)(OC)OC)C1(C)CO1. The zero-order chi connectivity index (χ0) is 14.5. The van der Waals surface area contributed by atoms with Crippen molar-refractivity contribution >= 4 is 8.80 Å². The second-order valence-electron chi connectivity index (χ2n) is 5.13. The van der Waals surface area contributed by atoms with Gasteiger partial charge in [0.25, 0.3) is 0 Å². The fraction of sp³-hybridized carbons (Fsp3) is 1.00. The van der Waals surface area contributed by atoms with Gasteiger partial charge in [-0.05, 0) is 19.8 Å². The van der Waals surface area contributed by atoms with Crippen LogP contribution in [0.25, 0.3) is 0 Å². The second kappa shape index (κ2) is 7.15. The summed E-state index contributed by atoms with van der Waals surface area (Å²) in [6, 6.07) is 0. The predicted molar refractivity (Wildman–Crippen MR) is 75.0 cm³/mol. The third kappa shape index (κ3) is 3.77. The normalized spacial score (nSPS) is 26.2. The summed E-state index contributed by atoms with van der Waals surface area (Å²) in [7, 11) is 2.09. The monoisotopic (exact) mass is 292 g/mol. The molecule has 1 aliphatic rings. The third-order valence-electron chi connectivity index (χ3n) is 3.78. The van der Waals surface area contributed by atoms with Gasteiger partial charge >= 0.3 is 8.80 Å². The molecule has 114 valence electrons. The highest BCUT2D eigenvalue weighted by atomic mass is 28.4. The van der Waals surface area contributed by atoms with Crippen LogP contribution in [0.1, 0.15) is 40.0 Å². The van der Waals surface area contributed by atoms with Crippen LogP contribution in [0, 0.1) is 0 Å². The van der Waals surface area contributed by atoms with Gasteiger partial charge in [-0.2, -0.15) is 0 Å². The maximum absolute atomic E-state index is 6.27. The van der Waals surface area contributed by atoms with E-state index in [1.54, 1.807) is 21.3 Å². The van der Waals surface area contributed by atoms with Crippen LogP contribution in [0.2, 0.25) is 0 Å². The molecule has 3 unspecified atom stereocenters. The molecule has 0 amide bonds. The molecule has 0 spiro atoms. The lowest BCUT2D eigenvalue weighted by Crippen LogP contribution is -2.57. The van der Waals surface area contributed by atoms with Gasteiger partial charge in [0.05, 0.1) is 12.7 Å². The van der Waals surface area contributed by atoms with E-state index < -0.39 is 8.80 Å². The summed E-state index contributed by atoms with van der Waals surface area (Å²) in [5.41, 5.74) is -0.316. The van der Waals surface area contributed by atoms with E-state index in [-0.39, 0.29) is 17.4 Å². The summed E-state index contributed by atoms with van der Waals surface area (Å²) in [5, 5.41) is 0. The van der Waals surface area contributed by atoms with E-state index in [9.17, 15) is 0 Å². The molecule has 1 heterocycles. The van der Waals surface area contributed by atoms with Crippen molar-refractivity contribution in [2.24, 2.45) is 0 Å². The zero-order valence-corrected chi connectivity index (χ0v) is 14.0. The summed E-state index contributed by atoms with van der Waals surface area (Å²) in [6.45, 7) is 7.06. The second-order valence-corrected chi connectivity index (χ2v) is 8.20. The Morgan fingerprint density at radius 3 is 2.00 bits per heavy atom. The standard InChI is InChI=1S/C13H28O5Si/c1-7-9-11(13(3)10-17-13)18-12(8-2)19(14-4,15-5)16-6/h11-12H,7-10H2,1-6H3. The molecule has 0 radical (unpaired) electrons. The van der Waals surface area contributed by atoms with Gasteiger partial charge in [0, 0.05) is 21.3 Å². The van der Waals surface area contributed by atoms with E-state index in [0.29, 0.717) is 0 Å². The maximum atomic E-state index is 6.27. The Morgan fingerprint density at radius 1 is 1.16 bits per heavy atom. The topological polar surface area (TPSA) is 49.5 Å². The van der Waals surface area contributed by atoms with Gasteiger partial charge in [-0.1, -0.05) is 20.3 Å². The average Bonchev–Trinajstić information content (AvgIpc) is 3.17. The lowest BCUT2D eigenvalue weighted by atomic mass is 10.0. The van der Waals surface area contributed by atoms with E-state index in [4.69, 9.17) is 22.8 Å². The minimum Gasteiger partial charge on any atom is -0.375 e. The Bertz CT molecular complexity index is 257. The molecule has 5 nitrogen and oxygen atoms in total. The third-order valence-corrected chi connectivity index (χ3v) is 6.82. The van der Waals surface area contributed by atoms with Crippen molar-refractivity contribution < 1.29 is 22.8 Å². The average molecular weight is 292 g/mol. The molecule has 19 heavy (non-hydrogen) atoms. The van der Waals surface area contributed by atoms with Crippen LogP contribution < -0.4 is 0 Å². The van der Waals surface area contributed by atoms with E-state index in [2.05, 4.69) is 20.8 Å². The first kappa shape index (κ1) is 17.1. The zero-order valence-electron chi connectivity index (χ0n) is 13.0. The highest BCUT2D eigenvalue weighted by molar-refractivity contribution is 6.62. The van der Waals surface area contributed by atoms with E-state index in [0.717, 1.165) is 25.9 Å². The molecule has 0 aromatic heterocycles. The van der Waals surface area contributed by atoms with Gasteiger partial charge in [-0.15, -0.1) is 0 Å². The molecule has 0 N–H and O–H groups in total. The molecule has 1 aliphatic heterocycles. The molecular weight excluding hydrogens is 264 g/mol. The molecule has 1 fully saturated rings. The quantitative estimate of drug-likeness (QED) is 0.456. The van der Waals surface area contributed by atoms with Crippen molar-refractivity contribution in [2.75, 3.05) is 27.9 Å². The van der Waals surface area contributed by atoms with Crippen LogP contribution in [0.5, 0.6) is 0 Å². The Morgan fingerprint density at radius 2 is 1.68 bits per heavy atom. The largest absolute Gasteiger partial charge is 0.530 e. The fourth-order valence-electron chi connectivity index (χ4n) is 2.35. The van der Waals surface area contributed by atoms with Gasteiger partial charge in [0.15, 0.2) is 0 Å². The molecule has 0 aliphatic carbocycles. The van der Waals surface area contributed by atoms with E-state index >= 15 is 0 Å². The Kier molecular flexibility index (Phi) is 6.42. The van der Waals surface area contributed by atoms with Crippen molar-refractivity contribution in [2.45, 2.75) is 57.5 Å². The highest BCUT2D eigenvalue weighted by Gasteiger charge is 2.53. The van der Waals surface area contributed by atoms with Crippen LogP contribution in [0.4, 0.5) is 0 Å². The molecule has 0 bridgehead atoms. The lowest BCUT2D eigenvalue weighted by molar-refractivity contribution is -0.0604. The van der Waals surface area contributed by atoms with Crippen LogP contribution in [-0.4, -0.2) is 54.2 Å². The van der Waals surface area contributed by atoms with Crippen molar-refractivity contribution in [1.82, 2.24) is 0 Å². The summed E-state index contributed by atoms with van der Waals surface area (Å²) < 4.78 is 28.4. The van der Waals surface area contributed by atoms with Crippen LogP contribution in [0.15, 0.2) is 0 Å². The smallest absolute Gasteiger partial charge is 0.375 e. The number of hydrogen-bond acceptors (Lipinski definition) is 5. The first-order valence-corrected chi connectivity index (χ1v) is 8.77. The van der Waals surface area contributed by atoms with Gasteiger partial charge in [-0.3, -0.25) is 0 Å². The summed E-state index contributed by atoms with van der Waals surface area (Å²) in [4.78, 5) is 0.